The summed E-state index contributed by atoms with van der Waals surface area (Å²) in [6, 6.07) is 17.8. The van der Waals surface area contributed by atoms with Crippen molar-refractivity contribution in [3.05, 3.63) is 99.9 Å². The Hall–Kier alpha value is -3.74. The van der Waals surface area contributed by atoms with Gasteiger partial charge in [-0.3, -0.25) is 19.9 Å². The van der Waals surface area contributed by atoms with E-state index in [1.807, 2.05) is 30.5 Å². The van der Waals surface area contributed by atoms with Crippen LogP contribution in [0.3, 0.4) is 0 Å². The number of carbonyl (C=O) groups excluding carboxylic acids is 1. The zero-order valence-corrected chi connectivity index (χ0v) is 15.7. The summed E-state index contributed by atoms with van der Waals surface area (Å²) in [7, 11) is 0. The second-order valence-corrected chi connectivity index (χ2v) is 6.89. The molecule has 2 heterocycles. The highest BCUT2D eigenvalue weighted by molar-refractivity contribution is 5.94. The summed E-state index contributed by atoms with van der Waals surface area (Å²) in [4.78, 5) is 29.6. The number of hydrogen-bond donors (Lipinski definition) is 1. The van der Waals surface area contributed by atoms with Gasteiger partial charge in [-0.2, -0.15) is 0 Å². The van der Waals surface area contributed by atoms with Crippen molar-refractivity contribution in [2.24, 2.45) is 0 Å². The van der Waals surface area contributed by atoms with Crippen molar-refractivity contribution < 1.29 is 9.72 Å². The van der Waals surface area contributed by atoms with Crippen LogP contribution in [0.2, 0.25) is 0 Å². The van der Waals surface area contributed by atoms with E-state index < -0.39 is 4.92 Å². The molecule has 0 unspecified atom stereocenters. The van der Waals surface area contributed by atoms with Gasteiger partial charge in [-0.1, -0.05) is 30.3 Å². The maximum absolute atomic E-state index is 12.6. The molecular formula is C22H20N4O3. The molecule has 29 heavy (non-hydrogen) atoms. The van der Waals surface area contributed by atoms with E-state index in [0.29, 0.717) is 6.54 Å². The van der Waals surface area contributed by atoms with Crippen LogP contribution in [0.5, 0.6) is 0 Å². The van der Waals surface area contributed by atoms with Crippen molar-refractivity contribution in [3.8, 4) is 0 Å². The second kappa shape index (κ2) is 8.10. The van der Waals surface area contributed by atoms with Gasteiger partial charge in [-0.15, -0.1) is 0 Å². The Balaban J connectivity index is 1.56. The molecule has 0 saturated carbocycles. The summed E-state index contributed by atoms with van der Waals surface area (Å²) in [6.07, 6.45) is 4.48. The van der Waals surface area contributed by atoms with E-state index in [2.05, 4.69) is 27.3 Å². The number of nitrogens with one attached hydrogen (secondary N) is 1. The molecule has 0 spiro atoms. The predicted molar refractivity (Wildman–Crippen MR) is 110 cm³/mol. The van der Waals surface area contributed by atoms with E-state index in [-0.39, 0.29) is 23.2 Å². The molecule has 0 radical (unpaired) electrons. The van der Waals surface area contributed by atoms with Crippen LogP contribution in [0.4, 0.5) is 11.4 Å². The third-order valence-corrected chi connectivity index (χ3v) is 5.14. The number of amides is 1. The summed E-state index contributed by atoms with van der Waals surface area (Å²) in [5.74, 6) is -0.338. The van der Waals surface area contributed by atoms with E-state index in [4.69, 9.17) is 0 Å². The Kier molecular flexibility index (Phi) is 5.20. The van der Waals surface area contributed by atoms with Crippen LogP contribution in [-0.2, 0) is 6.42 Å². The number of fused-ring (bicyclic) bond motifs is 1. The smallest absolute Gasteiger partial charge is 0.270 e. The normalized spacial score (nSPS) is 13.6. The SMILES string of the molecule is O=C(NC[C@H](c1cccnc1)N1CCc2ccccc21)c1cccc([N+](=O)[O-])c1. The molecule has 1 atom stereocenters. The fourth-order valence-electron chi connectivity index (χ4n) is 3.72. The van der Waals surface area contributed by atoms with Gasteiger partial charge in [0.2, 0.25) is 0 Å². The number of pyridine rings is 1. The summed E-state index contributed by atoms with van der Waals surface area (Å²) < 4.78 is 0. The second-order valence-electron chi connectivity index (χ2n) is 6.89. The van der Waals surface area contributed by atoms with Gasteiger partial charge in [0.25, 0.3) is 11.6 Å². The maximum Gasteiger partial charge on any atom is 0.270 e. The molecule has 3 aromatic rings. The van der Waals surface area contributed by atoms with Crippen LogP contribution >= 0.6 is 0 Å². The molecule has 1 N–H and O–H groups in total. The van der Waals surface area contributed by atoms with Gasteiger partial charge in [0.15, 0.2) is 0 Å². The molecule has 1 aliphatic heterocycles. The lowest BCUT2D eigenvalue weighted by atomic mass is 10.1. The van der Waals surface area contributed by atoms with Crippen molar-refractivity contribution in [2.75, 3.05) is 18.0 Å². The van der Waals surface area contributed by atoms with Gasteiger partial charge in [0.1, 0.15) is 0 Å². The third-order valence-electron chi connectivity index (χ3n) is 5.14. The molecule has 0 aliphatic carbocycles. The zero-order valence-electron chi connectivity index (χ0n) is 15.7. The largest absolute Gasteiger partial charge is 0.362 e. The highest BCUT2D eigenvalue weighted by Gasteiger charge is 2.27. The summed E-state index contributed by atoms with van der Waals surface area (Å²) in [6.45, 7) is 1.22. The first-order valence-electron chi connectivity index (χ1n) is 9.40. The quantitative estimate of drug-likeness (QED) is 0.516. The highest BCUT2D eigenvalue weighted by Crippen LogP contribution is 2.34. The topological polar surface area (TPSA) is 88.4 Å². The standard InChI is InChI=1S/C22H20N4O3/c27-22(17-6-3-8-19(13-17)26(28)29)24-15-21(18-7-4-11-23-14-18)25-12-10-16-5-1-2-9-20(16)25/h1-9,11,13-14,21H,10,12,15H2,(H,24,27)/t21-/m1/s1. The lowest BCUT2D eigenvalue weighted by Gasteiger charge is -2.31. The van der Waals surface area contributed by atoms with Gasteiger partial charge >= 0.3 is 0 Å². The van der Waals surface area contributed by atoms with Crippen LogP contribution in [0, 0.1) is 10.1 Å². The highest BCUT2D eigenvalue weighted by atomic mass is 16.6. The van der Waals surface area contributed by atoms with Crippen molar-refractivity contribution in [1.29, 1.82) is 0 Å². The first kappa shape index (κ1) is 18.6. The number of carbonyl (C=O) groups is 1. The van der Waals surface area contributed by atoms with Crippen molar-refractivity contribution in [2.45, 2.75) is 12.5 Å². The molecule has 146 valence electrons. The van der Waals surface area contributed by atoms with Gasteiger partial charge in [-0.05, 0) is 35.7 Å². The van der Waals surface area contributed by atoms with Gasteiger partial charge < -0.3 is 10.2 Å². The fraction of sp³-hybridized carbons (Fsp3) is 0.182. The molecule has 0 saturated heterocycles. The van der Waals surface area contributed by atoms with E-state index in [1.54, 1.807) is 12.3 Å². The number of hydrogen-bond acceptors (Lipinski definition) is 5. The molecule has 7 heteroatoms. The van der Waals surface area contributed by atoms with Crippen LogP contribution < -0.4 is 10.2 Å². The number of para-hydroxylation sites is 1. The molecular weight excluding hydrogens is 368 g/mol. The molecule has 7 nitrogen and oxygen atoms in total. The summed E-state index contributed by atoms with van der Waals surface area (Å²) in [5, 5.41) is 13.9. The van der Waals surface area contributed by atoms with Crippen LogP contribution in [0.25, 0.3) is 0 Å². The van der Waals surface area contributed by atoms with Gasteiger partial charge in [0, 0.05) is 48.9 Å². The minimum atomic E-state index is -0.504. The molecule has 0 fully saturated rings. The monoisotopic (exact) mass is 388 g/mol. The molecule has 0 bridgehead atoms. The minimum absolute atomic E-state index is 0.0880. The number of nitro groups is 1. The third kappa shape index (κ3) is 3.94. The number of aromatic nitrogens is 1. The van der Waals surface area contributed by atoms with Gasteiger partial charge in [-0.25, -0.2) is 0 Å². The van der Waals surface area contributed by atoms with Crippen molar-refractivity contribution >= 4 is 17.3 Å². The Morgan fingerprint density at radius 3 is 2.83 bits per heavy atom. The first-order valence-corrected chi connectivity index (χ1v) is 9.40. The Labute approximate surface area is 168 Å². The zero-order chi connectivity index (χ0) is 20.2. The minimum Gasteiger partial charge on any atom is -0.362 e. The Morgan fingerprint density at radius 2 is 2.03 bits per heavy atom. The van der Waals surface area contributed by atoms with Gasteiger partial charge in [0.05, 0.1) is 11.0 Å². The fourth-order valence-corrected chi connectivity index (χ4v) is 3.72. The van der Waals surface area contributed by atoms with Crippen LogP contribution in [0.1, 0.15) is 27.5 Å². The summed E-state index contributed by atoms with van der Waals surface area (Å²) >= 11 is 0. The molecule has 2 aromatic carbocycles. The first-order chi connectivity index (χ1) is 14.1. The van der Waals surface area contributed by atoms with Crippen LogP contribution in [0.15, 0.2) is 73.1 Å². The van der Waals surface area contributed by atoms with E-state index in [1.165, 1.54) is 23.8 Å². The lowest BCUT2D eigenvalue weighted by molar-refractivity contribution is -0.384. The number of rotatable bonds is 6. The predicted octanol–water partition coefficient (Wildman–Crippen LogP) is 3.52. The van der Waals surface area contributed by atoms with E-state index in [9.17, 15) is 14.9 Å². The van der Waals surface area contributed by atoms with Crippen molar-refractivity contribution in [3.63, 3.8) is 0 Å². The number of nitro benzene ring substituents is 1. The number of non-ortho nitro benzene ring substituents is 1. The van der Waals surface area contributed by atoms with E-state index >= 15 is 0 Å². The summed E-state index contributed by atoms with van der Waals surface area (Å²) in [5.41, 5.74) is 3.61. The van der Waals surface area contributed by atoms with E-state index in [0.717, 1.165) is 24.2 Å². The number of nitrogens with zero attached hydrogens (tertiary/aromatic N) is 3. The number of anilines is 1. The Bertz CT molecular complexity index is 1040. The lowest BCUT2D eigenvalue weighted by Crippen LogP contribution is -2.37. The number of benzene rings is 2. The maximum atomic E-state index is 12.6. The average Bonchev–Trinajstić information content (AvgIpc) is 3.18. The van der Waals surface area contributed by atoms with Crippen molar-refractivity contribution in [1.82, 2.24) is 10.3 Å². The molecule has 4 rings (SSSR count). The average molecular weight is 388 g/mol. The molecule has 1 aliphatic rings. The molecule has 1 aromatic heterocycles. The molecule has 1 amide bonds. The Morgan fingerprint density at radius 1 is 1.17 bits per heavy atom. The van der Waals surface area contributed by atoms with Crippen LogP contribution in [-0.4, -0.2) is 28.9 Å².